The van der Waals surface area contributed by atoms with E-state index in [9.17, 15) is 9.50 Å². The van der Waals surface area contributed by atoms with E-state index in [0.717, 1.165) is 5.69 Å². The number of benzene rings is 1. The Labute approximate surface area is 115 Å². The summed E-state index contributed by atoms with van der Waals surface area (Å²) in [7, 11) is 0. The lowest BCUT2D eigenvalue weighted by atomic mass is 10.2. The Kier molecular flexibility index (Phi) is 5.56. The minimum absolute atomic E-state index is 0.263. The number of aliphatic hydroxyl groups excluding tert-OH is 1. The van der Waals surface area contributed by atoms with Crippen molar-refractivity contribution in [1.82, 2.24) is 0 Å². The van der Waals surface area contributed by atoms with Crippen molar-refractivity contribution in [2.75, 3.05) is 18.5 Å². The van der Waals surface area contributed by atoms with Gasteiger partial charge in [-0.15, -0.1) is 0 Å². The van der Waals surface area contributed by atoms with Crippen molar-refractivity contribution >= 4 is 21.6 Å². The van der Waals surface area contributed by atoms with Gasteiger partial charge in [0, 0.05) is 12.2 Å². The fourth-order valence-electron chi connectivity index (χ4n) is 1.25. The third-order valence-corrected chi connectivity index (χ3v) is 2.78. The fourth-order valence-corrected chi connectivity index (χ4v) is 1.63. The van der Waals surface area contributed by atoms with E-state index < -0.39 is 6.10 Å². The average molecular weight is 320 g/mol. The summed E-state index contributed by atoms with van der Waals surface area (Å²) >= 11 is 3.11. The van der Waals surface area contributed by atoms with E-state index in [2.05, 4.69) is 21.2 Å². The molecule has 0 saturated heterocycles. The summed E-state index contributed by atoms with van der Waals surface area (Å²) in [4.78, 5) is 0. The number of hydrogen-bond donors (Lipinski definition) is 2. The van der Waals surface area contributed by atoms with Crippen LogP contribution < -0.4 is 5.32 Å². The molecule has 1 atom stereocenters. The van der Waals surface area contributed by atoms with Crippen LogP contribution in [0.4, 0.5) is 10.1 Å². The van der Waals surface area contributed by atoms with Crippen LogP contribution in [0.2, 0.25) is 0 Å². The van der Waals surface area contributed by atoms with Crippen LogP contribution in [0.15, 0.2) is 22.7 Å². The summed E-state index contributed by atoms with van der Waals surface area (Å²) < 4.78 is 18.9. The smallest absolute Gasteiger partial charge is 0.137 e. The maximum atomic E-state index is 13.0. The number of halogens is 2. The molecule has 0 fully saturated rings. The van der Waals surface area contributed by atoms with Crippen LogP contribution in [0.5, 0.6) is 0 Å². The second-order valence-corrected chi connectivity index (χ2v) is 5.94. The summed E-state index contributed by atoms with van der Waals surface area (Å²) in [5.41, 5.74) is 0.484. The normalized spacial score (nSPS) is 13.4. The molecule has 0 aliphatic rings. The van der Waals surface area contributed by atoms with Crippen molar-refractivity contribution in [3.63, 3.8) is 0 Å². The van der Waals surface area contributed by atoms with Gasteiger partial charge < -0.3 is 15.2 Å². The number of rotatable bonds is 5. The largest absolute Gasteiger partial charge is 0.389 e. The summed E-state index contributed by atoms with van der Waals surface area (Å²) in [5, 5.41) is 12.7. The monoisotopic (exact) mass is 319 g/mol. The van der Waals surface area contributed by atoms with Crippen molar-refractivity contribution in [2.24, 2.45) is 0 Å². The van der Waals surface area contributed by atoms with Gasteiger partial charge in [-0.1, -0.05) is 0 Å². The zero-order valence-electron chi connectivity index (χ0n) is 10.8. The first-order valence-corrected chi connectivity index (χ1v) is 6.58. The molecule has 5 heteroatoms. The molecule has 1 unspecified atom stereocenters. The highest BCUT2D eigenvalue weighted by Crippen LogP contribution is 2.19. The molecule has 2 N–H and O–H groups in total. The van der Waals surface area contributed by atoms with Crippen molar-refractivity contribution in [2.45, 2.75) is 32.5 Å². The molecule has 0 aliphatic heterocycles. The number of hydrogen-bond acceptors (Lipinski definition) is 3. The van der Waals surface area contributed by atoms with Gasteiger partial charge in [-0.05, 0) is 54.9 Å². The van der Waals surface area contributed by atoms with Crippen LogP contribution in [0.3, 0.4) is 0 Å². The molecule has 0 aromatic heterocycles. The zero-order valence-corrected chi connectivity index (χ0v) is 12.4. The molecule has 1 aromatic rings. The molecule has 1 aromatic carbocycles. The molecule has 1 rings (SSSR count). The molecule has 0 heterocycles. The van der Waals surface area contributed by atoms with Crippen molar-refractivity contribution in [3.8, 4) is 0 Å². The van der Waals surface area contributed by atoms with Gasteiger partial charge in [0.25, 0.3) is 0 Å². The Morgan fingerprint density at radius 3 is 2.67 bits per heavy atom. The number of aliphatic hydroxyl groups is 1. The van der Waals surface area contributed by atoms with Crippen molar-refractivity contribution < 1.29 is 14.2 Å². The maximum absolute atomic E-state index is 13.0. The van der Waals surface area contributed by atoms with Crippen LogP contribution in [-0.2, 0) is 4.74 Å². The molecule has 18 heavy (non-hydrogen) atoms. The van der Waals surface area contributed by atoms with Crippen LogP contribution in [0.25, 0.3) is 0 Å². The molecule has 102 valence electrons. The lowest BCUT2D eigenvalue weighted by Crippen LogP contribution is -2.30. The lowest BCUT2D eigenvalue weighted by Gasteiger charge is -2.22. The molecule has 0 spiro atoms. The number of ether oxygens (including phenoxy) is 1. The molecule has 0 aliphatic carbocycles. The van der Waals surface area contributed by atoms with Gasteiger partial charge in [0.2, 0.25) is 0 Å². The van der Waals surface area contributed by atoms with E-state index in [1.54, 1.807) is 12.1 Å². The topological polar surface area (TPSA) is 41.5 Å². The van der Waals surface area contributed by atoms with E-state index in [-0.39, 0.29) is 18.0 Å². The predicted molar refractivity (Wildman–Crippen MR) is 74.3 cm³/mol. The lowest BCUT2D eigenvalue weighted by molar-refractivity contribution is -0.0449. The standard InChI is InChI=1S/C13H19BrFNO2/c1-13(2,3)18-8-10(17)7-16-9-4-5-12(15)11(14)6-9/h4-6,10,16-17H,7-8H2,1-3H3. The Morgan fingerprint density at radius 2 is 2.11 bits per heavy atom. The molecule has 3 nitrogen and oxygen atoms in total. The quantitative estimate of drug-likeness (QED) is 0.875. The highest BCUT2D eigenvalue weighted by molar-refractivity contribution is 9.10. The summed E-state index contributed by atoms with van der Waals surface area (Å²) in [6.45, 7) is 6.42. The average Bonchev–Trinajstić information content (AvgIpc) is 2.27. The summed E-state index contributed by atoms with van der Waals surface area (Å²) in [5.74, 6) is -0.308. The van der Waals surface area contributed by atoms with Gasteiger partial charge >= 0.3 is 0 Å². The third-order valence-electron chi connectivity index (χ3n) is 2.17. The van der Waals surface area contributed by atoms with Crippen LogP contribution in [0, 0.1) is 5.82 Å². The first kappa shape index (κ1) is 15.4. The molecule has 0 saturated carbocycles. The highest BCUT2D eigenvalue weighted by Gasteiger charge is 2.13. The van der Waals surface area contributed by atoms with Crippen LogP contribution in [0.1, 0.15) is 20.8 Å². The molecular weight excluding hydrogens is 301 g/mol. The molecule has 0 amide bonds. The summed E-state index contributed by atoms with van der Waals surface area (Å²) in [6.07, 6.45) is -0.604. The first-order chi connectivity index (χ1) is 8.28. The predicted octanol–water partition coefficient (Wildman–Crippen LogP) is 3.18. The van der Waals surface area contributed by atoms with E-state index in [1.165, 1.54) is 6.07 Å². The number of nitrogens with one attached hydrogen (secondary N) is 1. The van der Waals surface area contributed by atoms with Crippen LogP contribution in [-0.4, -0.2) is 30.0 Å². The minimum Gasteiger partial charge on any atom is -0.389 e. The molecule has 0 bridgehead atoms. The molecule has 0 radical (unpaired) electrons. The van der Waals surface area contributed by atoms with Crippen molar-refractivity contribution in [1.29, 1.82) is 0 Å². The van der Waals surface area contributed by atoms with Gasteiger partial charge in [-0.2, -0.15) is 0 Å². The Hall–Kier alpha value is -0.650. The first-order valence-electron chi connectivity index (χ1n) is 5.79. The van der Waals surface area contributed by atoms with Gasteiger partial charge in [-0.25, -0.2) is 4.39 Å². The van der Waals surface area contributed by atoms with E-state index in [4.69, 9.17) is 4.74 Å². The van der Waals surface area contributed by atoms with Gasteiger partial charge in [0.15, 0.2) is 0 Å². The SMILES string of the molecule is CC(C)(C)OCC(O)CNc1ccc(F)c(Br)c1. The zero-order chi connectivity index (χ0) is 13.8. The molecular formula is C13H19BrFNO2. The van der Waals surface area contributed by atoms with Gasteiger partial charge in [0.05, 0.1) is 22.8 Å². The fraction of sp³-hybridized carbons (Fsp3) is 0.538. The van der Waals surface area contributed by atoms with Crippen molar-refractivity contribution in [3.05, 3.63) is 28.5 Å². The summed E-state index contributed by atoms with van der Waals surface area (Å²) in [6, 6.07) is 4.62. The minimum atomic E-state index is -0.604. The third kappa shape index (κ3) is 5.80. The van der Waals surface area contributed by atoms with Gasteiger partial charge in [-0.3, -0.25) is 0 Å². The van der Waals surface area contributed by atoms with E-state index in [0.29, 0.717) is 11.0 Å². The Morgan fingerprint density at radius 1 is 1.44 bits per heavy atom. The Balaban J connectivity index is 2.38. The van der Waals surface area contributed by atoms with E-state index >= 15 is 0 Å². The highest BCUT2D eigenvalue weighted by atomic mass is 79.9. The maximum Gasteiger partial charge on any atom is 0.137 e. The van der Waals surface area contributed by atoms with E-state index in [1.807, 2.05) is 20.8 Å². The second-order valence-electron chi connectivity index (χ2n) is 5.09. The number of anilines is 1. The van der Waals surface area contributed by atoms with Gasteiger partial charge in [0.1, 0.15) is 5.82 Å². The Bertz CT molecular complexity index is 393. The second kappa shape index (κ2) is 6.50. The van der Waals surface area contributed by atoms with Crippen LogP contribution >= 0.6 is 15.9 Å².